The number of unbranched alkanes of at least 4 members (excludes halogenated alkanes) is 1. The Morgan fingerprint density at radius 1 is 1.30 bits per heavy atom. The highest BCUT2D eigenvalue weighted by Crippen LogP contribution is 2.06. The Morgan fingerprint density at radius 2 is 2.10 bits per heavy atom. The summed E-state index contributed by atoms with van der Waals surface area (Å²) in [6, 6.07) is 4.18. The van der Waals surface area contributed by atoms with Crippen LogP contribution in [0.4, 0.5) is 0 Å². The molecule has 0 bridgehead atoms. The molecule has 2 N–H and O–H groups in total. The monoisotopic (exact) mass is 411 g/mol. The molecule has 0 fully saturated rings. The number of hydrogen-bond donors (Lipinski definition) is 2. The summed E-state index contributed by atoms with van der Waals surface area (Å²) >= 11 is 1.75. The number of thiophene rings is 1. The van der Waals surface area contributed by atoms with Gasteiger partial charge in [-0.3, -0.25) is 4.99 Å². The second-order valence-corrected chi connectivity index (χ2v) is 5.28. The summed E-state index contributed by atoms with van der Waals surface area (Å²) < 4.78 is 5.51. The van der Waals surface area contributed by atoms with E-state index in [0.29, 0.717) is 0 Å². The van der Waals surface area contributed by atoms with Crippen molar-refractivity contribution in [1.82, 2.24) is 10.6 Å². The lowest BCUT2D eigenvalue weighted by Gasteiger charge is -2.11. The highest BCUT2D eigenvalue weighted by atomic mass is 127. The van der Waals surface area contributed by atoms with E-state index in [4.69, 9.17) is 4.74 Å². The number of nitrogens with zero attached hydrogens (tertiary/aromatic N) is 1. The van der Waals surface area contributed by atoms with E-state index in [9.17, 15) is 0 Å². The van der Waals surface area contributed by atoms with E-state index < -0.39 is 0 Å². The minimum absolute atomic E-state index is 0. The van der Waals surface area contributed by atoms with Crippen molar-refractivity contribution in [2.45, 2.75) is 32.7 Å². The molecule has 1 aromatic heterocycles. The normalized spacial score (nSPS) is 11.0. The molecule has 0 radical (unpaired) electrons. The van der Waals surface area contributed by atoms with Crippen LogP contribution in [0, 0.1) is 0 Å². The van der Waals surface area contributed by atoms with Crippen molar-refractivity contribution in [1.29, 1.82) is 0 Å². The maximum atomic E-state index is 5.51. The van der Waals surface area contributed by atoms with Crippen LogP contribution in [0.15, 0.2) is 22.5 Å². The van der Waals surface area contributed by atoms with Crippen molar-refractivity contribution in [2.75, 3.05) is 26.8 Å². The Kier molecular flexibility index (Phi) is 13.4. The van der Waals surface area contributed by atoms with Gasteiger partial charge in [0, 0.05) is 31.7 Å². The molecular formula is C14H26IN3OS. The third kappa shape index (κ3) is 9.55. The Morgan fingerprint density at radius 3 is 2.75 bits per heavy atom. The second kappa shape index (κ2) is 13.6. The lowest BCUT2D eigenvalue weighted by molar-refractivity contribution is 0.129. The molecule has 4 nitrogen and oxygen atoms in total. The maximum absolute atomic E-state index is 5.51. The number of aliphatic imine (C=N–C) groups is 1. The molecular weight excluding hydrogens is 385 g/mol. The quantitative estimate of drug-likeness (QED) is 0.284. The van der Waals surface area contributed by atoms with Gasteiger partial charge >= 0.3 is 0 Å². The van der Waals surface area contributed by atoms with Crippen LogP contribution >= 0.6 is 35.3 Å². The predicted molar refractivity (Wildman–Crippen MR) is 98.3 cm³/mol. The number of guanidine groups is 1. The van der Waals surface area contributed by atoms with Gasteiger partial charge in [-0.05, 0) is 24.3 Å². The summed E-state index contributed by atoms with van der Waals surface area (Å²) in [5.41, 5.74) is 0. The fourth-order valence-electron chi connectivity index (χ4n) is 1.53. The largest absolute Gasteiger partial charge is 0.381 e. The van der Waals surface area contributed by atoms with Gasteiger partial charge in [0.25, 0.3) is 0 Å². The maximum Gasteiger partial charge on any atom is 0.191 e. The van der Waals surface area contributed by atoms with Crippen LogP contribution in [0.2, 0.25) is 0 Å². The minimum atomic E-state index is 0. The second-order valence-electron chi connectivity index (χ2n) is 4.25. The van der Waals surface area contributed by atoms with E-state index in [-0.39, 0.29) is 24.0 Å². The van der Waals surface area contributed by atoms with Crippen molar-refractivity contribution in [2.24, 2.45) is 4.99 Å². The first-order valence-corrected chi connectivity index (χ1v) is 7.79. The molecule has 0 atom stereocenters. The van der Waals surface area contributed by atoms with Gasteiger partial charge in [-0.25, -0.2) is 0 Å². The SMILES string of the molecule is CCCCOCCCNC(=NC)NCc1cccs1.I. The minimum Gasteiger partial charge on any atom is -0.381 e. The van der Waals surface area contributed by atoms with Gasteiger partial charge in [-0.2, -0.15) is 0 Å². The molecule has 0 amide bonds. The number of halogens is 1. The van der Waals surface area contributed by atoms with E-state index in [0.717, 1.165) is 45.1 Å². The molecule has 0 aliphatic heterocycles. The highest BCUT2D eigenvalue weighted by Gasteiger charge is 1.98. The molecule has 0 unspecified atom stereocenters. The van der Waals surface area contributed by atoms with Crippen molar-refractivity contribution in [3.63, 3.8) is 0 Å². The van der Waals surface area contributed by atoms with E-state index in [1.807, 2.05) is 0 Å². The molecule has 116 valence electrons. The number of rotatable bonds is 9. The summed E-state index contributed by atoms with van der Waals surface area (Å²) in [6.07, 6.45) is 3.35. The molecule has 20 heavy (non-hydrogen) atoms. The van der Waals surface area contributed by atoms with Crippen LogP contribution in [0.1, 0.15) is 31.1 Å². The van der Waals surface area contributed by atoms with E-state index >= 15 is 0 Å². The third-order valence-corrected chi connectivity index (χ3v) is 3.51. The Labute approximate surface area is 143 Å². The van der Waals surface area contributed by atoms with Gasteiger partial charge < -0.3 is 15.4 Å². The number of ether oxygens (including phenoxy) is 1. The Hall–Kier alpha value is -0.340. The van der Waals surface area contributed by atoms with Crippen molar-refractivity contribution < 1.29 is 4.74 Å². The van der Waals surface area contributed by atoms with Crippen LogP contribution in [-0.4, -0.2) is 32.8 Å². The zero-order valence-corrected chi connectivity index (χ0v) is 15.5. The van der Waals surface area contributed by atoms with Crippen molar-refractivity contribution >= 4 is 41.3 Å². The summed E-state index contributed by atoms with van der Waals surface area (Å²) in [4.78, 5) is 5.50. The smallest absolute Gasteiger partial charge is 0.191 e. The van der Waals surface area contributed by atoms with Gasteiger partial charge in [-0.1, -0.05) is 19.4 Å². The zero-order chi connectivity index (χ0) is 13.8. The van der Waals surface area contributed by atoms with Crippen LogP contribution in [0.25, 0.3) is 0 Å². The Bertz CT molecular complexity index is 344. The summed E-state index contributed by atoms with van der Waals surface area (Å²) in [6.45, 7) is 5.57. The summed E-state index contributed by atoms with van der Waals surface area (Å²) in [7, 11) is 1.79. The first-order valence-electron chi connectivity index (χ1n) is 6.91. The lowest BCUT2D eigenvalue weighted by Crippen LogP contribution is -2.37. The molecule has 1 rings (SSSR count). The fourth-order valence-corrected chi connectivity index (χ4v) is 2.18. The van der Waals surface area contributed by atoms with Crippen LogP contribution in [0.5, 0.6) is 0 Å². The van der Waals surface area contributed by atoms with Crippen LogP contribution in [0.3, 0.4) is 0 Å². The van der Waals surface area contributed by atoms with Gasteiger partial charge in [0.15, 0.2) is 5.96 Å². The van der Waals surface area contributed by atoms with Crippen LogP contribution in [-0.2, 0) is 11.3 Å². The highest BCUT2D eigenvalue weighted by molar-refractivity contribution is 14.0. The summed E-state index contributed by atoms with van der Waals surface area (Å²) in [5, 5.41) is 8.66. The average Bonchev–Trinajstić information content (AvgIpc) is 2.94. The molecule has 0 spiro atoms. The predicted octanol–water partition coefficient (Wildman–Crippen LogP) is 3.24. The molecule has 0 aliphatic rings. The first kappa shape index (κ1) is 19.7. The van der Waals surface area contributed by atoms with E-state index in [2.05, 4.69) is 40.1 Å². The molecule has 0 aromatic carbocycles. The molecule has 0 aliphatic carbocycles. The van der Waals surface area contributed by atoms with Gasteiger partial charge in [-0.15, -0.1) is 35.3 Å². The molecule has 1 heterocycles. The Balaban J connectivity index is 0.00000361. The molecule has 1 aromatic rings. The number of hydrogen-bond acceptors (Lipinski definition) is 3. The average molecular weight is 411 g/mol. The van der Waals surface area contributed by atoms with Crippen molar-refractivity contribution in [3.05, 3.63) is 22.4 Å². The molecule has 0 saturated heterocycles. The topological polar surface area (TPSA) is 45.6 Å². The van der Waals surface area contributed by atoms with Gasteiger partial charge in [0.2, 0.25) is 0 Å². The standard InChI is InChI=1S/C14H25N3OS.HI/c1-3-4-9-18-10-6-8-16-14(15-2)17-12-13-7-5-11-19-13;/h5,7,11H,3-4,6,8-10,12H2,1-2H3,(H2,15,16,17);1H. The lowest BCUT2D eigenvalue weighted by atomic mass is 10.4. The first-order chi connectivity index (χ1) is 9.36. The van der Waals surface area contributed by atoms with Crippen LogP contribution < -0.4 is 10.6 Å². The molecule has 6 heteroatoms. The van der Waals surface area contributed by atoms with Crippen molar-refractivity contribution in [3.8, 4) is 0 Å². The van der Waals surface area contributed by atoms with E-state index in [1.54, 1.807) is 18.4 Å². The number of nitrogens with one attached hydrogen (secondary N) is 2. The fraction of sp³-hybridized carbons (Fsp3) is 0.643. The summed E-state index contributed by atoms with van der Waals surface area (Å²) in [5.74, 6) is 0.849. The van der Waals surface area contributed by atoms with Gasteiger partial charge in [0.1, 0.15) is 0 Å². The third-order valence-electron chi connectivity index (χ3n) is 2.63. The van der Waals surface area contributed by atoms with E-state index in [1.165, 1.54) is 11.3 Å². The van der Waals surface area contributed by atoms with Gasteiger partial charge in [0.05, 0.1) is 6.54 Å². The molecule has 0 saturated carbocycles. The zero-order valence-electron chi connectivity index (χ0n) is 12.4.